The van der Waals surface area contributed by atoms with Gasteiger partial charge in [-0.1, -0.05) is 22.0 Å². The smallest absolute Gasteiger partial charge is 0.336 e. The fourth-order valence-electron chi connectivity index (χ4n) is 1.79. The molecule has 1 saturated heterocycles. The first-order valence-corrected chi connectivity index (χ1v) is 6.68. The Morgan fingerprint density at radius 3 is 2.71 bits per heavy atom. The summed E-state index contributed by atoms with van der Waals surface area (Å²) in [5.41, 5.74) is 0.769. The Morgan fingerprint density at radius 2 is 2.18 bits per heavy atom. The minimum absolute atomic E-state index is 0.00452. The van der Waals surface area contributed by atoms with Crippen LogP contribution in [0.1, 0.15) is 16.8 Å². The molecule has 1 aromatic carbocycles. The van der Waals surface area contributed by atoms with E-state index in [9.17, 15) is 9.59 Å². The molecule has 6 heteroatoms. The normalized spacial score (nSPS) is 19.8. The van der Waals surface area contributed by atoms with Crippen molar-refractivity contribution < 1.29 is 14.7 Å². The van der Waals surface area contributed by atoms with E-state index in [1.54, 1.807) is 17.0 Å². The van der Waals surface area contributed by atoms with Crippen LogP contribution >= 0.6 is 31.9 Å². The molecule has 0 saturated carbocycles. The Kier molecular flexibility index (Phi) is 3.53. The van der Waals surface area contributed by atoms with Crippen molar-refractivity contribution in [2.45, 2.75) is 11.2 Å². The summed E-state index contributed by atoms with van der Waals surface area (Å²) in [6, 6.07) is 4.87. The second-order valence-corrected chi connectivity index (χ2v) is 5.84. The van der Waals surface area contributed by atoms with Gasteiger partial charge in [0, 0.05) is 17.8 Å². The average Bonchev–Trinajstić information content (AvgIpc) is 2.57. The van der Waals surface area contributed by atoms with Crippen LogP contribution in [0.3, 0.4) is 0 Å². The quantitative estimate of drug-likeness (QED) is 0.823. The largest absolute Gasteiger partial charge is 0.478 e. The van der Waals surface area contributed by atoms with E-state index < -0.39 is 5.97 Å². The molecule has 2 rings (SSSR count). The van der Waals surface area contributed by atoms with Crippen molar-refractivity contribution >= 4 is 49.4 Å². The van der Waals surface area contributed by atoms with Crippen molar-refractivity contribution in [2.75, 3.05) is 11.4 Å². The van der Waals surface area contributed by atoms with Crippen molar-refractivity contribution in [1.29, 1.82) is 0 Å². The summed E-state index contributed by atoms with van der Waals surface area (Å²) < 4.78 is 0.447. The summed E-state index contributed by atoms with van der Waals surface area (Å²) in [7, 11) is 0. The zero-order valence-electron chi connectivity index (χ0n) is 8.69. The summed E-state index contributed by atoms with van der Waals surface area (Å²) >= 11 is 6.64. The number of nitrogens with zero attached hydrogens (tertiary/aromatic N) is 1. The molecule has 1 atom stereocenters. The van der Waals surface area contributed by atoms with Crippen molar-refractivity contribution in [3.8, 4) is 0 Å². The third kappa shape index (κ3) is 2.37. The number of rotatable bonds is 2. The monoisotopic (exact) mass is 361 g/mol. The maximum atomic E-state index is 11.7. The first kappa shape index (κ1) is 12.6. The number of amides is 1. The van der Waals surface area contributed by atoms with Gasteiger partial charge in [-0.15, -0.1) is 0 Å². The second kappa shape index (κ2) is 4.78. The Bertz CT molecular complexity index is 490. The summed E-state index contributed by atoms with van der Waals surface area (Å²) in [6.07, 6.45) is 0.434. The van der Waals surface area contributed by atoms with Crippen LogP contribution in [-0.4, -0.2) is 28.4 Å². The maximum absolute atomic E-state index is 11.7. The van der Waals surface area contributed by atoms with Gasteiger partial charge in [-0.25, -0.2) is 4.79 Å². The molecule has 0 aromatic heterocycles. The first-order chi connectivity index (χ1) is 8.00. The van der Waals surface area contributed by atoms with E-state index in [-0.39, 0.29) is 16.3 Å². The van der Waals surface area contributed by atoms with Gasteiger partial charge in [0.1, 0.15) is 0 Å². The van der Waals surface area contributed by atoms with Gasteiger partial charge in [-0.3, -0.25) is 4.79 Å². The van der Waals surface area contributed by atoms with Crippen molar-refractivity contribution in [1.82, 2.24) is 0 Å². The molecule has 4 nitrogen and oxygen atoms in total. The molecule has 1 N–H and O–H groups in total. The van der Waals surface area contributed by atoms with Crippen LogP contribution in [-0.2, 0) is 4.79 Å². The molecule has 0 radical (unpaired) electrons. The Hall–Kier alpha value is -0.880. The van der Waals surface area contributed by atoms with Crippen LogP contribution in [0.15, 0.2) is 22.7 Å². The Balaban J connectivity index is 2.43. The van der Waals surface area contributed by atoms with Crippen LogP contribution < -0.4 is 4.90 Å². The predicted octanol–water partition coefficient (Wildman–Crippen LogP) is 2.65. The maximum Gasteiger partial charge on any atom is 0.336 e. The van der Waals surface area contributed by atoms with Crippen LogP contribution in [0.5, 0.6) is 0 Å². The highest BCUT2D eigenvalue weighted by Gasteiger charge is 2.30. The zero-order valence-corrected chi connectivity index (χ0v) is 11.9. The summed E-state index contributed by atoms with van der Waals surface area (Å²) in [6.45, 7) is 0.556. The van der Waals surface area contributed by atoms with E-state index in [1.807, 2.05) is 0 Å². The molecule has 1 aromatic rings. The van der Waals surface area contributed by atoms with Gasteiger partial charge in [-0.05, 0) is 28.1 Å². The van der Waals surface area contributed by atoms with Crippen molar-refractivity contribution in [3.63, 3.8) is 0 Å². The molecule has 0 spiro atoms. The number of carbonyl (C=O) groups excluding carboxylic acids is 1. The fraction of sp³-hybridized carbons (Fsp3) is 0.273. The van der Waals surface area contributed by atoms with Gasteiger partial charge in [0.15, 0.2) is 0 Å². The number of carboxylic acid groups (broad SMARTS) is 1. The summed E-state index contributed by atoms with van der Waals surface area (Å²) in [5.74, 6) is -1.02. The number of aromatic carboxylic acids is 1. The molecule has 1 aliphatic rings. The lowest BCUT2D eigenvalue weighted by Gasteiger charge is -2.18. The number of hydrogen-bond acceptors (Lipinski definition) is 2. The van der Waals surface area contributed by atoms with Crippen LogP contribution in [0.25, 0.3) is 0 Å². The Morgan fingerprint density at radius 1 is 1.47 bits per heavy atom. The minimum atomic E-state index is -1.01. The number of carboxylic acids is 1. The van der Waals surface area contributed by atoms with Crippen LogP contribution in [0.4, 0.5) is 5.69 Å². The molecule has 1 aliphatic heterocycles. The average molecular weight is 363 g/mol. The minimum Gasteiger partial charge on any atom is -0.478 e. The van der Waals surface area contributed by atoms with Gasteiger partial charge in [0.05, 0.1) is 15.7 Å². The lowest BCUT2D eigenvalue weighted by atomic mass is 10.2. The van der Waals surface area contributed by atoms with Gasteiger partial charge in [0.2, 0.25) is 5.91 Å². The number of anilines is 1. The predicted molar refractivity (Wildman–Crippen MR) is 70.8 cm³/mol. The van der Waals surface area contributed by atoms with E-state index in [1.165, 1.54) is 6.07 Å². The highest BCUT2D eigenvalue weighted by Crippen LogP contribution is 2.33. The standard InChI is InChI=1S/C11H9Br2NO3/c12-6-4-9(15)14(5-6)8-3-1-2-7(10(8)13)11(16)17/h1-3,6H,4-5H2,(H,16,17). The van der Waals surface area contributed by atoms with E-state index in [0.29, 0.717) is 23.1 Å². The first-order valence-electron chi connectivity index (χ1n) is 4.97. The molecule has 1 fully saturated rings. The number of hydrogen-bond donors (Lipinski definition) is 1. The molecule has 0 bridgehead atoms. The molecule has 0 aliphatic carbocycles. The lowest BCUT2D eigenvalue weighted by Crippen LogP contribution is -2.25. The Labute approximate surface area is 115 Å². The van der Waals surface area contributed by atoms with Crippen molar-refractivity contribution in [2.24, 2.45) is 0 Å². The van der Waals surface area contributed by atoms with Crippen LogP contribution in [0, 0.1) is 0 Å². The van der Waals surface area contributed by atoms with Gasteiger partial charge >= 0.3 is 5.97 Å². The topological polar surface area (TPSA) is 57.6 Å². The number of benzene rings is 1. The molecule has 1 amide bonds. The van der Waals surface area contributed by atoms with E-state index in [2.05, 4.69) is 31.9 Å². The highest BCUT2D eigenvalue weighted by atomic mass is 79.9. The summed E-state index contributed by atoms with van der Waals surface area (Å²) in [4.78, 5) is 24.5. The van der Waals surface area contributed by atoms with E-state index in [4.69, 9.17) is 5.11 Å². The van der Waals surface area contributed by atoms with Gasteiger partial charge in [-0.2, -0.15) is 0 Å². The molecule has 17 heavy (non-hydrogen) atoms. The van der Waals surface area contributed by atoms with Crippen LogP contribution in [0.2, 0.25) is 0 Å². The van der Waals surface area contributed by atoms with Gasteiger partial charge in [0.25, 0.3) is 0 Å². The number of alkyl halides is 1. The third-order valence-electron chi connectivity index (χ3n) is 2.58. The molecule has 90 valence electrons. The number of carbonyl (C=O) groups is 2. The summed E-state index contributed by atoms with van der Waals surface area (Å²) in [5, 5.41) is 9.01. The SMILES string of the molecule is O=C(O)c1cccc(N2CC(Br)CC2=O)c1Br. The zero-order chi connectivity index (χ0) is 12.6. The van der Waals surface area contributed by atoms with E-state index >= 15 is 0 Å². The highest BCUT2D eigenvalue weighted by molar-refractivity contribution is 9.10. The second-order valence-electron chi connectivity index (χ2n) is 3.75. The molecular formula is C11H9Br2NO3. The van der Waals surface area contributed by atoms with Gasteiger partial charge < -0.3 is 10.0 Å². The number of halogens is 2. The van der Waals surface area contributed by atoms with Crippen molar-refractivity contribution in [3.05, 3.63) is 28.2 Å². The molecule has 1 heterocycles. The molecule has 1 unspecified atom stereocenters. The molecular weight excluding hydrogens is 354 g/mol. The van der Waals surface area contributed by atoms with E-state index in [0.717, 1.165) is 0 Å². The third-order valence-corrected chi connectivity index (χ3v) is 4.02. The lowest BCUT2D eigenvalue weighted by molar-refractivity contribution is -0.117. The fourth-order valence-corrected chi connectivity index (χ4v) is 3.00.